The van der Waals surface area contributed by atoms with Crippen molar-refractivity contribution in [2.45, 2.75) is 69.7 Å². The quantitative estimate of drug-likeness (QED) is 0.695. The van der Waals surface area contributed by atoms with E-state index in [2.05, 4.69) is 56.5 Å². The Morgan fingerprint density at radius 1 is 1.11 bits per heavy atom. The Bertz CT molecular complexity index is 414. The lowest BCUT2D eigenvalue weighted by atomic mass is 10.0. The SMILES string of the molecule is Cc1ccc(CSC2CCCCC2)c([Si](C)(C)C)c1. The summed E-state index contributed by atoms with van der Waals surface area (Å²) in [6.07, 6.45) is 7.25. The molecule has 106 valence electrons. The highest BCUT2D eigenvalue weighted by molar-refractivity contribution is 7.99. The molecular weight excluding hydrogens is 264 g/mol. The molecule has 0 aromatic heterocycles. The van der Waals surface area contributed by atoms with Crippen LogP contribution in [0.5, 0.6) is 0 Å². The number of hydrogen-bond acceptors (Lipinski definition) is 1. The van der Waals surface area contributed by atoms with E-state index in [1.165, 1.54) is 43.4 Å². The molecule has 1 fully saturated rings. The summed E-state index contributed by atoms with van der Waals surface area (Å²) < 4.78 is 0. The number of thioether (sulfide) groups is 1. The third-order valence-corrected chi connectivity index (χ3v) is 7.60. The highest BCUT2D eigenvalue weighted by Crippen LogP contribution is 2.30. The summed E-state index contributed by atoms with van der Waals surface area (Å²) in [5.41, 5.74) is 3.03. The maximum atomic E-state index is 2.47. The van der Waals surface area contributed by atoms with Crippen LogP contribution in [0.25, 0.3) is 0 Å². The van der Waals surface area contributed by atoms with Crippen LogP contribution in [0.15, 0.2) is 18.2 Å². The number of rotatable bonds is 4. The normalized spacial score (nSPS) is 17.7. The van der Waals surface area contributed by atoms with Crippen LogP contribution in [0, 0.1) is 6.92 Å². The van der Waals surface area contributed by atoms with Crippen molar-refractivity contribution in [3.8, 4) is 0 Å². The number of hydrogen-bond donors (Lipinski definition) is 0. The van der Waals surface area contributed by atoms with Crippen molar-refractivity contribution in [1.29, 1.82) is 0 Å². The van der Waals surface area contributed by atoms with Gasteiger partial charge in [-0.25, -0.2) is 0 Å². The average molecular weight is 293 g/mol. The Hall–Kier alpha value is -0.213. The Labute approximate surface area is 124 Å². The summed E-state index contributed by atoms with van der Waals surface area (Å²) in [6.45, 7) is 9.63. The van der Waals surface area contributed by atoms with Gasteiger partial charge in [0.2, 0.25) is 0 Å². The second kappa shape index (κ2) is 6.49. The minimum atomic E-state index is -1.21. The third-order valence-electron chi connectivity index (χ3n) is 4.10. The van der Waals surface area contributed by atoms with Crippen LogP contribution < -0.4 is 5.19 Å². The molecule has 0 spiro atoms. The van der Waals surface area contributed by atoms with Crippen molar-refractivity contribution >= 4 is 25.0 Å². The minimum absolute atomic E-state index is 0.921. The number of benzene rings is 1. The minimum Gasteiger partial charge on any atom is -0.154 e. The second-order valence-electron chi connectivity index (χ2n) is 6.98. The van der Waals surface area contributed by atoms with Crippen LogP contribution in [0.2, 0.25) is 19.6 Å². The lowest BCUT2D eigenvalue weighted by molar-refractivity contribution is 0.516. The van der Waals surface area contributed by atoms with Crippen molar-refractivity contribution in [1.82, 2.24) is 0 Å². The molecule has 0 atom stereocenters. The van der Waals surface area contributed by atoms with Gasteiger partial charge in [0.15, 0.2) is 0 Å². The highest BCUT2D eigenvalue weighted by Gasteiger charge is 2.21. The Balaban J connectivity index is 2.06. The molecular formula is C17H28SSi. The van der Waals surface area contributed by atoms with Crippen molar-refractivity contribution in [3.63, 3.8) is 0 Å². The molecule has 0 unspecified atom stereocenters. The van der Waals surface area contributed by atoms with Crippen LogP contribution in [-0.4, -0.2) is 13.3 Å². The zero-order valence-electron chi connectivity index (χ0n) is 13.0. The Kier molecular flexibility index (Phi) is 5.19. The summed E-state index contributed by atoms with van der Waals surface area (Å²) in [5.74, 6) is 1.23. The summed E-state index contributed by atoms with van der Waals surface area (Å²) >= 11 is 2.21. The van der Waals surface area contributed by atoms with E-state index < -0.39 is 8.07 Å². The molecule has 0 amide bonds. The molecule has 0 nitrogen and oxygen atoms in total. The molecule has 0 N–H and O–H groups in total. The molecule has 1 aromatic rings. The molecule has 0 heterocycles. The first kappa shape index (κ1) is 15.2. The molecule has 19 heavy (non-hydrogen) atoms. The third kappa shape index (κ3) is 4.39. The number of aryl methyl sites for hydroxylation is 1. The maximum Gasteiger partial charge on any atom is 0.0780 e. The summed E-state index contributed by atoms with van der Waals surface area (Å²) in [6, 6.07) is 7.13. The summed E-state index contributed by atoms with van der Waals surface area (Å²) in [4.78, 5) is 0. The Morgan fingerprint density at radius 2 is 1.79 bits per heavy atom. The standard InChI is InChI=1S/C17H28SSi/c1-14-10-11-15(17(12-14)19(2,3)4)13-18-16-8-6-5-7-9-16/h10-12,16H,5-9,13H2,1-4H3. The monoisotopic (exact) mass is 292 g/mol. The van der Waals surface area contributed by atoms with Crippen molar-refractivity contribution in [2.75, 3.05) is 0 Å². The zero-order chi connectivity index (χ0) is 13.9. The van der Waals surface area contributed by atoms with E-state index in [0.29, 0.717) is 0 Å². The molecule has 2 rings (SSSR count). The molecule has 1 aromatic carbocycles. The molecule has 0 aliphatic heterocycles. The van der Waals surface area contributed by atoms with E-state index in [1.807, 2.05) is 0 Å². The largest absolute Gasteiger partial charge is 0.154 e. The Morgan fingerprint density at radius 3 is 2.42 bits per heavy atom. The van der Waals surface area contributed by atoms with Gasteiger partial charge < -0.3 is 0 Å². The van der Waals surface area contributed by atoms with Gasteiger partial charge in [-0.05, 0) is 25.3 Å². The van der Waals surface area contributed by atoms with Crippen LogP contribution in [-0.2, 0) is 5.75 Å². The smallest absolute Gasteiger partial charge is 0.0780 e. The van der Waals surface area contributed by atoms with E-state index in [9.17, 15) is 0 Å². The van der Waals surface area contributed by atoms with Crippen LogP contribution in [0.3, 0.4) is 0 Å². The van der Waals surface area contributed by atoms with Crippen LogP contribution >= 0.6 is 11.8 Å². The molecule has 0 radical (unpaired) electrons. The van der Waals surface area contributed by atoms with Crippen molar-refractivity contribution < 1.29 is 0 Å². The highest BCUT2D eigenvalue weighted by atomic mass is 32.2. The van der Waals surface area contributed by atoms with Crippen molar-refractivity contribution in [3.05, 3.63) is 29.3 Å². The van der Waals surface area contributed by atoms with Gasteiger partial charge in [0.05, 0.1) is 8.07 Å². The van der Waals surface area contributed by atoms with Gasteiger partial charge in [0.25, 0.3) is 0 Å². The fourth-order valence-corrected chi connectivity index (χ4v) is 6.21. The van der Waals surface area contributed by atoms with Gasteiger partial charge >= 0.3 is 0 Å². The average Bonchev–Trinajstić information content (AvgIpc) is 2.37. The van der Waals surface area contributed by atoms with Gasteiger partial charge in [0, 0.05) is 11.0 Å². The molecule has 1 aliphatic carbocycles. The van der Waals surface area contributed by atoms with E-state index in [4.69, 9.17) is 0 Å². The summed E-state index contributed by atoms with van der Waals surface area (Å²) in [5, 5.41) is 2.60. The predicted molar refractivity (Wildman–Crippen MR) is 92.3 cm³/mol. The molecule has 1 aliphatic rings. The second-order valence-corrected chi connectivity index (χ2v) is 13.3. The summed E-state index contributed by atoms with van der Waals surface area (Å²) in [7, 11) is -1.21. The van der Waals surface area contributed by atoms with E-state index in [-0.39, 0.29) is 0 Å². The van der Waals surface area contributed by atoms with Gasteiger partial charge in [-0.3, -0.25) is 0 Å². The first-order chi connectivity index (χ1) is 8.97. The predicted octanol–water partition coefficient (Wildman–Crippen LogP) is 5.11. The fourth-order valence-electron chi connectivity index (χ4n) is 2.95. The fraction of sp³-hybridized carbons (Fsp3) is 0.647. The lowest BCUT2D eigenvalue weighted by Gasteiger charge is -2.24. The van der Waals surface area contributed by atoms with Gasteiger partial charge in [-0.2, -0.15) is 11.8 Å². The van der Waals surface area contributed by atoms with Gasteiger partial charge in [-0.1, -0.05) is 67.9 Å². The van der Waals surface area contributed by atoms with Crippen LogP contribution in [0.1, 0.15) is 43.2 Å². The first-order valence-corrected chi connectivity index (χ1v) is 12.2. The van der Waals surface area contributed by atoms with Gasteiger partial charge in [0.1, 0.15) is 0 Å². The molecule has 0 bridgehead atoms. The van der Waals surface area contributed by atoms with Gasteiger partial charge in [-0.15, -0.1) is 0 Å². The van der Waals surface area contributed by atoms with Crippen LogP contribution in [0.4, 0.5) is 0 Å². The topological polar surface area (TPSA) is 0 Å². The molecule has 1 saturated carbocycles. The zero-order valence-corrected chi connectivity index (χ0v) is 14.8. The van der Waals surface area contributed by atoms with E-state index in [0.717, 1.165) is 5.25 Å². The first-order valence-electron chi connectivity index (χ1n) is 7.68. The van der Waals surface area contributed by atoms with E-state index in [1.54, 1.807) is 10.8 Å². The maximum absolute atomic E-state index is 2.47. The van der Waals surface area contributed by atoms with E-state index >= 15 is 0 Å². The molecule has 0 saturated heterocycles. The lowest BCUT2D eigenvalue weighted by Crippen LogP contribution is -2.40. The van der Waals surface area contributed by atoms with Crippen molar-refractivity contribution in [2.24, 2.45) is 0 Å². The molecule has 2 heteroatoms.